The normalized spacial score (nSPS) is 11.7. The summed E-state index contributed by atoms with van der Waals surface area (Å²) >= 11 is 0. The molecule has 2 N–H and O–H groups in total. The lowest BCUT2D eigenvalue weighted by Crippen LogP contribution is -2.04. The number of imidazole rings is 1. The second-order valence-corrected chi connectivity index (χ2v) is 4.81. The predicted octanol–water partition coefficient (Wildman–Crippen LogP) is 0.986. The van der Waals surface area contributed by atoms with Crippen LogP contribution in [-0.4, -0.2) is 35.5 Å². The van der Waals surface area contributed by atoms with Crippen molar-refractivity contribution >= 4 is 27.1 Å². The van der Waals surface area contributed by atoms with Crippen molar-refractivity contribution in [2.45, 2.75) is 12.1 Å². The number of esters is 1. The van der Waals surface area contributed by atoms with Gasteiger partial charge in [0.15, 0.2) is 0 Å². The molecule has 0 aliphatic carbocycles. The summed E-state index contributed by atoms with van der Waals surface area (Å²) in [6.07, 6.45) is 0. The summed E-state index contributed by atoms with van der Waals surface area (Å²) in [7, 11) is -4.39. The molecular weight excluding hydrogens is 260 g/mol. The van der Waals surface area contributed by atoms with E-state index in [-0.39, 0.29) is 17.7 Å². The van der Waals surface area contributed by atoms with Gasteiger partial charge in [0.2, 0.25) is 0 Å². The molecule has 96 valence electrons. The Kier molecular flexibility index (Phi) is 3.05. The standard InChI is InChI=1S/C10H10N2O5S/c1-2-17-9(13)6-3-4-7-8(5-6)12-10(11-7)18(14,15)16/h3-5H,2H2,1H3,(H,11,12)(H,14,15,16). The number of aromatic amines is 1. The summed E-state index contributed by atoms with van der Waals surface area (Å²) in [6, 6.07) is 4.36. The highest BCUT2D eigenvalue weighted by molar-refractivity contribution is 7.85. The van der Waals surface area contributed by atoms with Crippen LogP contribution in [0.2, 0.25) is 0 Å². The SMILES string of the molecule is CCOC(=O)c1ccc2[nH]c(S(=O)(=O)O)nc2c1. The van der Waals surface area contributed by atoms with Crippen molar-refractivity contribution < 1.29 is 22.5 Å². The second kappa shape index (κ2) is 4.39. The smallest absolute Gasteiger partial charge is 0.338 e. The van der Waals surface area contributed by atoms with Gasteiger partial charge in [0, 0.05) is 0 Å². The first-order valence-corrected chi connectivity index (χ1v) is 6.50. The van der Waals surface area contributed by atoms with Crippen molar-refractivity contribution in [2.24, 2.45) is 0 Å². The number of fused-ring (bicyclic) bond motifs is 1. The minimum absolute atomic E-state index is 0.244. The van der Waals surface area contributed by atoms with Crippen molar-refractivity contribution in [3.05, 3.63) is 23.8 Å². The molecule has 18 heavy (non-hydrogen) atoms. The van der Waals surface area contributed by atoms with Gasteiger partial charge in [-0.3, -0.25) is 4.55 Å². The maximum absolute atomic E-state index is 11.5. The van der Waals surface area contributed by atoms with Crippen LogP contribution in [0, 0.1) is 0 Å². The van der Waals surface area contributed by atoms with E-state index in [1.807, 2.05) is 0 Å². The van der Waals surface area contributed by atoms with Crippen molar-refractivity contribution in [3.8, 4) is 0 Å². The molecule has 0 saturated carbocycles. The number of nitrogens with zero attached hydrogens (tertiary/aromatic N) is 1. The van der Waals surface area contributed by atoms with E-state index in [2.05, 4.69) is 9.97 Å². The Bertz CT molecular complexity index is 704. The molecule has 0 atom stereocenters. The van der Waals surface area contributed by atoms with Gasteiger partial charge in [-0.15, -0.1) is 0 Å². The molecular formula is C10H10N2O5S. The Morgan fingerprint density at radius 1 is 1.50 bits per heavy atom. The molecule has 0 saturated heterocycles. The summed E-state index contributed by atoms with van der Waals surface area (Å²) in [6.45, 7) is 1.93. The van der Waals surface area contributed by atoms with E-state index in [1.165, 1.54) is 18.2 Å². The van der Waals surface area contributed by atoms with Crippen LogP contribution in [0.1, 0.15) is 17.3 Å². The van der Waals surface area contributed by atoms with E-state index >= 15 is 0 Å². The molecule has 1 heterocycles. The molecule has 7 nitrogen and oxygen atoms in total. The highest BCUT2D eigenvalue weighted by atomic mass is 32.2. The average molecular weight is 270 g/mol. The molecule has 1 aromatic heterocycles. The van der Waals surface area contributed by atoms with Crippen molar-refractivity contribution in [3.63, 3.8) is 0 Å². The molecule has 0 aliphatic rings. The van der Waals surface area contributed by atoms with Crippen molar-refractivity contribution in [1.29, 1.82) is 0 Å². The fourth-order valence-electron chi connectivity index (χ4n) is 1.45. The van der Waals surface area contributed by atoms with Gasteiger partial charge >= 0.3 is 16.1 Å². The van der Waals surface area contributed by atoms with Gasteiger partial charge in [0.05, 0.1) is 23.2 Å². The number of hydrogen-bond acceptors (Lipinski definition) is 5. The largest absolute Gasteiger partial charge is 0.462 e. The monoisotopic (exact) mass is 270 g/mol. The Morgan fingerprint density at radius 2 is 2.22 bits per heavy atom. The number of hydrogen-bond donors (Lipinski definition) is 2. The van der Waals surface area contributed by atoms with E-state index in [0.717, 1.165) is 0 Å². The zero-order valence-electron chi connectivity index (χ0n) is 9.37. The Labute approximate surface area is 103 Å². The third kappa shape index (κ3) is 2.34. The number of nitrogens with one attached hydrogen (secondary N) is 1. The third-order valence-corrected chi connectivity index (χ3v) is 2.90. The Hall–Kier alpha value is -1.93. The van der Waals surface area contributed by atoms with Crippen LogP contribution < -0.4 is 0 Å². The molecule has 0 unspecified atom stereocenters. The van der Waals surface area contributed by atoms with Crippen molar-refractivity contribution in [2.75, 3.05) is 6.61 Å². The molecule has 0 amide bonds. The van der Waals surface area contributed by atoms with Crippen LogP contribution in [0.3, 0.4) is 0 Å². The van der Waals surface area contributed by atoms with E-state index in [0.29, 0.717) is 5.52 Å². The predicted molar refractivity (Wildman–Crippen MR) is 61.9 cm³/mol. The minimum Gasteiger partial charge on any atom is -0.462 e. The number of carbonyl (C=O) groups excluding carboxylic acids is 1. The molecule has 0 aliphatic heterocycles. The lowest BCUT2D eigenvalue weighted by molar-refractivity contribution is 0.0526. The quantitative estimate of drug-likeness (QED) is 0.635. The fraction of sp³-hybridized carbons (Fsp3) is 0.200. The summed E-state index contributed by atoms with van der Waals surface area (Å²) in [5.74, 6) is -0.518. The van der Waals surface area contributed by atoms with Crippen LogP contribution in [-0.2, 0) is 14.9 Å². The summed E-state index contributed by atoms with van der Waals surface area (Å²) in [5, 5.41) is -0.557. The summed E-state index contributed by atoms with van der Waals surface area (Å²) in [4.78, 5) is 17.6. The molecule has 2 rings (SSSR count). The lowest BCUT2D eigenvalue weighted by atomic mass is 10.2. The van der Waals surface area contributed by atoms with Crippen LogP contribution in [0.25, 0.3) is 11.0 Å². The summed E-state index contributed by atoms with van der Waals surface area (Å²) < 4.78 is 35.4. The number of aromatic nitrogens is 2. The van der Waals surface area contributed by atoms with Gasteiger partial charge in [-0.05, 0) is 25.1 Å². The molecule has 0 bridgehead atoms. The molecule has 1 aromatic carbocycles. The van der Waals surface area contributed by atoms with Crippen LogP contribution in [0.15, 0.2) is 23.4 Å². The van der Waals surface area contributed by atoms with Gasteiger partial charge in [-0.2, -0.15) is 8.42 Å². The molecule has 2 aromatic rings. The topological polar surface area (TPSA) is 109 Å². The zero-order valence-corrected chi connectivity index (χ0v) is 10.2. The molecule has 8 heteroatoms. The summed E-state index contributed by atoms with van der Waals surface area (Å²) in [5.41, 5.74) is 0.918. The van der Waals surface area contributed by atoms with E-state index < -0.39 is 21.2 Å². The lowest BCUT2D eigenvalue weighted by Gasteiger charge is -2.00. The fourth-order valence-corrected chi connectivity index (χ4v) is 1.90. The first-order valence-electron chi connectivity index (χ1n) is 5.06. The number of ether oxygens (including phenoxy) is 1. The second-order valence-electron chi connectivity index (χ2n) is 3.47. The van der Waals surface area contributed by atoms with Gasteiger partial charge in [-0.1, -0.05) is 0 Å². The van der Waals surface area contributed by atoms with Gasteiger partial charge < -0.3 is 9.72 Å². The van der Waals surface area contributed by atoms with Crippen LogP contribution in [0.5, 0.6) is 0 Å². The van der Waals surface area contributed by atoms with Crippen LogP contribution in [0.4, 0.5) is 0 Å². The maximum Gasteiger partial charge on any atom is 0.338 e. The number of benzene rings is 1. The first-order chi connectivity index (χ1) is 8.41. The highest BCUT2D eigenvalue weighted by Gasteiger charge is 2.16. The molecule has 0 fully saturated rings. The van der Waals surface area contributed by atoms with Gasteiger partial charge in [0.25, 0.3) is 5.16 Å². The Morgan fingerprint density at radius 3 is 2.83 bits per heavy atom. The van der Waals surface area contributed by atoms with Gasteiger partial charge in [0.1, 0.15) is 0 Å². The molecule has 0 spiro atoms. The zero-order chi connectivity index (χ0) is 13.3. The third-order valence-electron chi connectivity index (χ3n) is 2.22. The maximum atomic E-state index is 11.5. The van der Waals surface area contributed by atoms with E-state index in [1.54, 1.807) is 6.92 Å². The van der Waals surface area contributed by atoms with E-state index in [9.17, 15) is 13.2 Å². The van der Waals surface area contributed by atoms with E-state index in [4.69, 9.17) is 9.29 Å². The minimum atomic E-state index is -4.39. The van der Waals surface area contributed by atoms with Gasteiger partial charge in [-0.25, -0.2) is 9.78 Å². The number of H-pyrrole nitrogens is 1. The number of carbonyl (C=O) groups is 1. The van der Waals surface area contributed by atoms with Crippen molar-refractivity contribution in [1.82, 2.24) is 9.97 Å². The Balaban J connectivity index is 2.49. The number of rotatable bonds is 3. The molecule has 0 radical (unpaired) electrons. The highest BCUT2D eigenvalue weighted by Crippen LogP contribution is 2.16. The first kappa shape index (κ1) is 12.5. The average Bonchev–Trinajstić information content (AvgIpc) is 2.71. The van der Waals surface area contributed by atoms with Crippen LogP contribution >= 0.6 is 0 Å².